The Morgan fingerprint density at radius 3 is 2.07 bits per heavy atom. The van der Waals surface area contributed by atoms with E-state index in [0.29, 0.717) is 32.5 Å². The van der Waals surface area contributed by atoms with Gasteiger partial charge in [0, 0.05) is 24.1 Å². The lowest BCUT2D eigenvalue weighted by molar-refractivity contribution is -0.141. The molecule has 0 amide bonds. The number of nitrogens with zero attached hydrogens (tertiary/aromatic N) is 3. The number of fused-ring (bicyclic) bond motifs is 4. The highest BCUT2D eigenvalue weighted by molar-refractivity contribution is 6.74. The standard InChI is InChI=1S/C54H60F3N3O7Si/c1-8-59(5)46-39-28-36-27-38-43(41(64-31-34-21-14-10-15-22-34)29-37(45(38)54(55,56)57)40-25-18-26-60(40)30-33-19-12-9-13-20-33)47(61)42(36)49(62)53(39,67-68(6,7)52(2,3)4)50(63)44-48(46)66-58-51(44)65-32-35-23-16-11-17-24-35/h9-17,19-24,29,36,39-40,46,61H,8,18,25-28,30-32H2,1-7H3/t36-,39-,40?,46-,53-/m0/s1. The average Bonchev–Trinajstić information content (AvgIpc) is 3.95. The quantitative estimate of drug-likeness (QED) is 0.0904. The number of hydrogen-bond donors (Lipinski definition) is 1. The van der Waals surface area contributed by atoms with Crippen LogP contribution in [0.4, 0.5) is 13.2 Å². The molecule has 0 spiro atoms. The molecule has 2 fully saturated rings. The van der Waals surface area contributed by atoms with Gasteiger partial charge in [-0.3, -0.25) is 19.4 Å². The van der Waals surface area contributed by atoms with Crippen LogP contribution in [0.15, 0.2) is 107 Å². The Hall–Kier alpha value is -5.54. The Bertz CT molecular complexity index is 2720. The molecule has 4 aromatic carbocycles. The number of ether oxygens (including phenoxy) is 2. The number of rotatable bonds is 13. The van der Waals surface area contributed by atoms with E-state index in [0.717, 1.165) is 16.7 Å². The van der Waals surface area contributed by atoms with Crippen LogP contribution in [0.25, 0.3) is 5.76 Å². The van der Waals surface area contributed by atoms with Gasteiger partial charge >= 0.3 is 6.18 Å². The van der Waals surface area contributed by atoms with Gasteiger partial charge in [0.1, 0.15) is 30.3 Å². The molecule has 0 radical (unpaired) electrons. The largest absolute Gasteiger partial charge is 0.507 e. The number of halogens is 3. The van der Waals surface area contributed by atoms with E-state index in [9.17, 15) is 5.11 Å². The van der Waals surface area contributed by atoms with Crippen molar-refractivity contribution in [3.8, 4) is 11.6 Å². The van der Waals surface area contributed by atoms with Crippen molar-refractivity contribution in [2.24, 2.45) is 11.8 Å². The van der Waals surface area contributed by atoms with Gasteiger partial charge in [-0.1, -0.05) is 119 Å². The summed E-state index contributed by atoms with van der Waals surface area (Å²) in [5.74, 6) is -3.83. The second kappa shape index (κ2) is 18.1. The number of benzene rings is 4. The number of ketones is 2. The first-order valence-corrected chi connectivity index (χ1v) is 26.6. The normalized spacial score (nSPS) is 23.0. The molecular weight excluding hydrogens is 888 g/mol. The number of hydrogen-bond acceptors (Lipinski definition) is 10. The molecule has 5 aromatic rings. The Labute approximate surface area is 397 Å². The van der Waals surface area contributed by atoms with Crippen LogP contribution in [-0.4, -0.2) is 65.7 Å². The van der Waals surface area contributed by atoms with Crippen molar-refractivity contribution in [1.29, 1.82) is 0 Å². The third-order valence-electron chi connectivity index (χ3n) is 15.2. The molecule has 10 nitrogen and oxygen atoms in total. The van der Waals surface area contributed by atoms with Gasteiger partial charge < -0.3 is 23.5 Å². The summed E-state index contributed by atoms with van der Waals surface area (Å²) >= 11 is 0. The lowest BCUT2D eigenvalue weighted by atomic mass is 9.56. The summed E-state index contributed by atoms with van der Waals surface area (Å²) < 4.78 is 74.6. The lowest BCUT2D eigenvalue weighted by Gasteiger charge is -2.55. The summed E-state index contributed by atoms with van der Waals surface area (Å²) in [5, 5.41) is 16.7. The number of carbonyl (C=O) groups excluding carboxylic acids is 2. The van der Waals surface area contributed by atoms with Crippen molar-refractivity contribution in [3.63, 3.8) is 0 Å². The first-order valence-electron chi connectivity index (χ1n) is 23.7. The number of likely N-dealkylation sites (tertiary alicyclic amines) is 1. The fourth-order valence-corrected chi connectivity index (χ4v) is 12.2. The third kappa shape index (κ3) is 8.30. The maximum absolute atomic E-state index is 16.2. The molecule has 1 saturated carbocycles. The Morgan fingerprint density at radius 1 is 0.882 bits per heavy atom. The van der Waals surface area contributed by atoms with Gasteiger partial charge in [-0.2, -0.15) is 13.2 Å². The predicted octanol–water partition coefficient (Wildman–Crippen LogP) is 11.9. The van der Waals surface area contributed by atoms with E-state index in [4.69, 9.17) is 18.4 Å². The highest BCUT2D eigenvalue weighted by Crippen LogP contribution is 2.60. The van der Waals surface area contributed by atoms with Crippen LogP contribution < -0.4 is 9.47 Å². The number of alkyl halides is 3. The first kappa shape index (κ1) is 47.5. The highest BCUT2D eigenvalue weighted by Gasteiger charge is 2.69. The molecule has 14 heteroatoms. The second-order valence-electron chi connectivity index (χ2n) is 20.4. The van der Waals surface area contributed by atoms with Gasteiger partial charge in [-0.15, -0.1) is 0 Å². The van der Waals surface area contributed by atoms with Crippen LogP contribution in [-0.2, 0) is 41.6 Å². The molecule has 5 atom stereocenters. The molecule has 0 bridgehead atoms. The fourth-order valence-electron chi connectivity index (χ4n) is 10.8. The van der Waals surface area contributed by atoms with Crippen LogP contribution >= 0.6 is 0 Å². The van der Waals surface area contributed by atoms with Gasteiger partial charge in [0.15, 0.2) is 19.7 Å². The molecule has 68 heavy (non-hydrogen) atoms. The Morgan fingerprint density at radius 2 is 1.49 bits per heavy atom. The maximum Gasteiger partial charge on any atom is 0.417 e. The van der Waals surface area contributed by atoms with Gasteiger partial charge in [0.05, 0.1) is 17.2 Å². The molecule has 1 unspecified atom stereocenters. The summed E-state index contributed by atoms with van der Waals surface area (Å²) in [4.78, 5) is 36.0. The highest BCUT2D eigenvalue weighted by atomic mass is 28.4. The molecule has 1 N–H and O–H groups in total. The number of aliphatic hydroxyl groups excluding tert-OH is 1. The summed E-state index contributed by atoms with van der Waals surface area (Å²) in [6.45, 7) is 13.4. The number of aliphatic hydroxyl groups is 1. The molecule has 358 valence electrons. The molecule has 1 saturated heterocycles. The van der Waals surface area contributed by atoms with E-state index in [2.05, 4.69) is 10.1 Å². The van der Waals surface area contributed by atoms with Crippen molar-refractivity contribution >= 4 is 25.6 Å². The monoisotopic (exact) mass is 947 g/mol. The zero-order chi connectivity index (χ0) is 48.3. The van der Waals surface area contributed by atoms with E-state index >= 15 is 22.8 Å². The second-order valence-corrected chi connectivity index (χ2v) is 25.1. The van der Waals surface area contributed by atoms with E-state index in [1.807, 2.05) is 144 Å². The third-order valence-corrected chi connectivity index (χ3v) is 19.7. The minimum absolute atomic E-state index is 0.0114. The van der Waals surface area contributed by atoms with Crippen LogP contribution in [0.5, 0.6) is 11.6 Å². The minimum atomic E-state index is -4.85. The van der Waals surface area contributed by atoms with Crippen LogP contribution in [0.2, 0.25) is 18.1 Å². The molecule has 1 aromatic heterocycles. The number of aromatic nitrogens is 1. The molecular formula is C54H60F3N3O7Si. The SMILES string of the molecule is CCN(C)[C@@H]1c2onc(OCc3ccccc3)c2C(=O)[C@@]2(O[Si](C)(C)C(C)(C)C)C(=O)C3=C(O)c4c(OCc5ccccc5)cc(C5CCCN5Cc5ccccc5)c(C(F)(F)F)c4C[C@H]3C[C@@H]12. The van der Waals surface area contributed by atoms with Gasteiger partial charge in [-0.05, 0) is 109 Å². The van der Waals surface area contributed by atoms with Crippen molar-refractivity contribution in [1.82, 2.24) is 15.0 Å². The van der Waals surface area contributed by atoms with Crippen molar-refractivity contribution in [2.75, 3.05) is 20.1 Å². The van der Waals surface area contributed by atoms with E-state index in [-0.39, 0.29) is 71.3 Å². The van der Waals surface area contributed by atoms with Crippen molar-refractivity contribution < 1.29 is 46.3 Å². The van der Waals surface area contributed by atoms with Gasteiger partial charge in [0.2, 0.25) is 11.6 Å². The number of carbonyl (C=O) groups is 2. The molecule has 9 rings (SSSR count). The molecule has 3 aliphatic carbocycles. The topological polar surface area (TPSA) is 115 Å². The fraction of sp³-hybridized carbons (Fsp3) is 0.426. The summed E-state index contributed by atoms with van der Waals surface area (Å²) in [6, 6.07) is 28.4. The smallest absolute Gasteiger partial charge is 0.417 e. The lowest BCUT2D eigenvalue weighted by Crippen LogP contribution is -2.68. The summed E-state index contributed by atoms with van der Waals surface area (Å²) in [7, 11) is -1.24. The van der Waals surface area contributed by atoms with Crippen molar-refractivity contribution in [3.05, 3.63) is 153 Å². The van der Waals surface area contributed by atoms with Crippen LogP contribution in [0.3, 0.4) is 0 Å². The first-order chi connectivity index (χ1) is 32.4. The van der Waals surface area contributed by atoms with Gasteiger partial charge in [0.25, 0.3) is 5.88 Å². The van der Waals surface area contributed by atoms with Crippen LogP contribution in [0, 0.1) is 11.8 Å². The average molecular weight is 948 g/mol. The predicted molar refractivity (Wildman–Crippen MR) is 255 cm³/mol. The molecule has 1 aliphatic heterocycles. The van der Waals surface area contributed by atoms with Crippen LogP contribution in [0.1, 0.15) is 114 Å². The summed E-state index contributed by atoms with van der Waals surface area (Å²) in [5.41, 5.74) is -0.869. The van der Waals surface area contributed by atoms with Gasteiger partial charge in [-0.25, -0.2) is 0 Å². The number of Topliss-reactive ketones (excluding diaryl/α,β-unsaturated/α-hetero) is 2. The van der Waals surface area contributed by atoms with Crippen molar-refractivity contribution in [2.45, 2.75) is 115 Å². The van der Waals surface area contributed by atoms with E-state index < -0.39 is 71.9 Å². The van der Waals surface area contributed by atoms with E-state index in [1.165, 1.54) is 6.07 Å². The molecule has 4 aliphatic rings. The minimum Gasteiger partial charge on any atom is -0.507 e. The zero-order valence-corrected chi connectivity index (χ0v) is 40.8. The Kier molecular flexibility index (Phi) is 12.6. The van der Waals surface area contributed by atoms with E-state index in [1.54, 1.807) is 0 Å². The molecule has 2 heterocycles. The maximum atomic E-state index is 16.2. The zero-order valence-electron chi connectivity index (χ0n) is 39.8. The summed E-state index contributed by atoms with van der Waals surface area (Å²) in [6.07, 6.45) is -3.89. The Balaban J connectivity index is 1.25.